The van der Waals surface area contributed by atoms with Crippen molar-refractivity contribution in [3.05, 3.63) is 136 Å². The predicted octanol–water partition coefficient (Wildman–Crippen LogP) is 6.24. The Balaban J connectivity index is 1.61. The van der Waals surface area contributed by atoms with Gasteiger partial charge in [0, 0.05) is 31.0 Å². The number of carbonyl (C=O) groups excluding carboxylic acids is 2. The highest BCUT2D eigenvalue weighted by Gasteiger charge is 2.30. The lowest BCUT2D eigenvalue weighted by Crippen LogP contribution is -2.50. The lowest BCUT2D eigenvalue weighted by Gasteiger charge is -2.32. The quantitative estimate of drug-likeness (QED) is 0.231. The molecule has 0 fully saturated rings. The first kappa shape index (κ1) is 27.9. The second-order valence-electron chi connectivity index (χ2n) is 9.37. The van der Waals surface area contributed by atoms with Gasteiger partial charge in [0.25, 0.3) is 0 Å². The van der Waals surface area contributed by atoms with Crippen molar-refractivity contribution in [3.63, 3.8) is 0 Å². The van der Waals surface area contributed by atoms with Gasteiger partial charge in [-0.1, -0.05) is 103 Å². The van der Waals surface area contributed by atoms with E-state index < -0.39 is 6.04 Å². The molecule has 39 heavy (non-hydrogen) atoms. The van der Waals surface area contributed by atoms with Gasteiger partial charge < -0.3 is 15.0 Å². The first-order valence-electron chi connectivity index (χ1n) is 13.0. The van der Waals surface area contributed by atoms with Crippen molar-refractivity contribution in [1.29, 1.82) is 0 Å². The Hall–Kier alpha value is -4.09. The second-order valence-corrected chi connectivity index (χ2v) is 9.78. The summed E-state index contributed by atoms with van der Waals surface area (Å²) in [5, 5.41) is 3.63. The molecule has 4 rings (SSSR count). The van der Waals surface area contributed by atoms with Crippen LogP contribution < -0.4 is 10.1 Å². The monoisotopic (exact) mass is 540 g/mol. The van der Waals surface area contributed by atoms with Gasteiger partial charge in [-0.05, 0) is 46.9 Å². The Labute approximate surface area is 235 Å². The molecule has 2 amide bonds. The van der Waals surface area contributed by atoms with Gasteiger partial charge in [-0.25, -0.2) is 0 Å². The lowest BCUT2D eigenvalue weighted by atomic mass is 10.0. The summed E-state index contributed by atoms with van der Waals surface area (Å²) in [7, 11) is 1.62. The van der Waals surface area contributed by atoms with Gasteiger partial charge in [-0.15, -0.1) is 0 Å². The molecule has 1 N–H and O–H groups in total. The molecule has 0 aliphatic rings. The predicted molar refractivity (Wildman–Crippen MR) is 156 cm³/mol. The summed E-state index contributed by atoms with van der Waals surface area (Å²) in [5.74, 6) is 0.433. The Bertz CT molecular complexity index is 1340. The number of benzene rings is 4. The zero-order chi connectivity index (χ0) is 27.5. The Morgan fingerprint density at radius 1 is 0.795 bits per heavy atom. The number of hydrogen-bond acceptors (Lipinski definition) is 3. The third kappa shape index (κ3) is 8.20. The van der Waals surface area contributed by atoms with E-state index in [1.165, 1.54) is 0 Å². The number of carbonyl (C=O) groups is 2. The molecule has 0 heterocycles. The fourth-order valence-corrected chi connectivity index (χ4v) is 4.67. The highest BCUT2D eigenvalue weighted by atomic mass is 35.5. The summed E-state index contributed by atoms with van der Waals surface area (Å²) < 4.78 is 5.30. The number of halogens is 1. The SMILES string of the molecule is COc1ccc(CN(C(=O)CCc2ccccc2)C(Cc2ccccc2)C(=O)NCc2ccccc2Cl)cc1. The topological polar surface area (TPSA) is 58.6 Å². The maximum absolute atomic E-state index is 13.8. The molecule has 200 valence electrons. The zero-order valence-corrected chi connectivity index (χ0v) is 22.8. The minimum Gasteiger partial charge on any atom is -0.497 e. The maximum atomic E-state index is 13.8. The van der Waals surface area contributed by atoms with Crippen LogP contribution in [0.2, 0.25) is 5.02 Å². The van der Waals surface area contributed by atoms with Crippen LogP contribution in [0.5, 0.6) is 5.75 Å². The summed E-state index contributed by atoms with van der Waals surface area (Å²) in [6.07, 6.45) is 1.28. The van der Waals surface area contributed by atoms with E-state index >= 15 is 0 Å². The molecule has 0 radical (unpaired) electrons. The minimum atomic E-state index is -0.708. The molecule has 0 aliphatic carbocycles. The summed E-state index contributed by atoms with van der Waals surface area (Å²) in [4.78, 5) is 29.3. The normalized spacial score (nSPS) is 11.4. The van der Waals surface area contributed by atoms with E-state index in [1.54, 1.807) is 18.1 Å². The summed E-state index contributed by atoms with van der Waals surface area (Å²) in [6.45, 7) is 0.576. The molecule has 0 spiro atoms. The third-order valence-corrected chi connectivity index (χ3v) is 7.03. The lowest BCUT2D eigenvalue weighted by molar-refractivity contribution is -0.141. The molecule has 0 saturated heterocycles. The highest BCUT2D eigenvalue weighted by Crippen LogP contribution is 2.20. The van der Waals surface area contributed by atoms with Crippen LogP contribution >= 0.6 is 11.6 Å². The second kappa shape index (κ2) is 14.2. The van der Waals surface area contributed by atoms with E-state index in [-0.39, 0.29) is 18.4 Å². The van der Waals surface area contributed by atoms with Crippen molar-refractivity contribution in [3.8, 4) is 5.75 Å². The number of aryl methyl sites for hydroxylation is 1. The zero-order valence-electron chi connectivity index (χ0n) is 22.1. The molecule has 1 unspecified atom stereocenters. The fraction of sp³-hybridized carbons (Fsp3) is 0.212. The first-order chi connectivity index (χ1) is 19.0. The van der Waals surface area contributed by atoms with Crippen LogP contribution in [0.25, 0.3) is 0 Å². The number of hydrogen-bond donors (Lipinski definition) is 1. The summed E-state index contributed by atoms with van der Waals surface area (Å²) >= 11 is 6.34. The molecular formula is C33H33ClN2O3. The van der Waals surface area contributed by atoms with Crippen LogP contribution in [0, 0.1) is 0 Å². The molecule has 0 saturated carbocycles. The van der Waals surface area contributed by atoms with E-state index in [1.807, 2.05) is 103 Å². The van der Waals surface area contributed by atoms with E-state index in [9.17, 15) is 9.59 Å². The smallest absolute Gasteiger partial charge is 0.243 e. The van der Waals surface area contributed by atoms with Crippen LogP contribution in [0.4, 0.5) is 0 Å². The molecule has 0 aliphatic heterocycles. The van der Waals surface area contributed by atoms with Crippen molar-refractivity contribution in [1.82, 2.24) is 10.2 Å². The number of rotatable bonds is 12. The molecule has 4 aromatic rings. The molecule has 6 heteroatoms. The Morgan fingerprint density at radius 2 is 1.41 bits per heavy atom. The van der Waals surface area contributed by atoms with E-state index in [2.05, 4.69) is 5.32 Å². The van der Waals surface area contributed by atoms with Crippen LogP contribution in [-0.4, -0.2) is 29.9 Å². The first-order valence-corrected chi connectivity index (χ1v) is 13.4. The largest absolute Gasteiger partial charge is 0.497 e. The molecule has 4 aromatic carbocycles. The van der Waals surface area contributed by atoms with E-state index in [4.69, 9.17) is 16.3 Å². The molecule has 1 atom stereocenters. The highest BCUT2D eigenvalue weighted by molar-refractivity contribution is 6.31. The average molecular weight is 541 g/mol. The van der Waals surface area contributed by atoms with Gasteiger partial charge in [0.1, 0.15) is 11.8 Å². The number of methoxy groups -OCH3 is 1. The van der Waals surface area contributed by atoms with Gasteiger partial charge in [0.05, 0.1) is 7.11 Å². The number of nitrogens with one attached hydrogen (secondary N) is 1. The summed E-state index contributed by atoms with van der Waals surface area (Å²) in [6, 6.07) is 34.0. The van der Waals surface area contributed by atoms with Crippen molar-refractivity contribution < 1.29 is 14.3 Å². The van der Waals surface area contributed by atoms with Gasteiger partial charge in [-0.3, -0.25) is 9.59 Å². The third-order valence-electron chi connectivity index (χ3n) is 6.66. The molecule has 5 nitrogen and oxygen atoms in total. The standard InChI is InChI=1S/C33H33ClN2O3/c1-39-29-19-16-27(17-20-29)24-36(32(37)21-18-25-10-4-2-5-11-25)31(22-26-12-6-3-7-13-26)33(38)35-23-28-14-8-9-15-30(28)34/h2-17,19-20,31H,18,21-24H2,1H3,(H,35,38). The number of ether oxygens (including phenoxy) is 1. The molecular weight excluding hydrogens is 508 g/mol. The van der Waals surface area contributed by atoms with Gasteiger partial charge in [-0.2, -0.15) is 0 Å². The van der Waals surface area contributed by atoms with E-state index in [0.717, 1.165) is 28.0 Å². The minimum absolute atomic E-state index is 0.0801. The Morgan fingerprint density at radius 3 is 2.05 bits per heavy atom. The van der Waals surface area contributed by atoms with Gasteiger partial charge in [0.2, 0.25) is 11.8 Å². The van der Waals surface area contributed by atoms with Crippen LogP contribution in [0.1, 0.15) is 28.7 Å². The van der Waals surface area contributed by atoms with Crippen LogP contribution in [0.3, 0.4) is 0 Å². The van der Waals surface area contributed by atoms with Gasteiger partial charge in [0.15, 0.2) is 0 Å². The fourth-order valence-electron chi connectivity index (χ4n) is 4.46. The average Bonchev–Trinajstić information content (AvgIpc) is 2.98. The Kier molecular flexibility index (Phi) is 10.1. The summed E-state index contributed by atoms with van der Waals surface area (Å²) in [5.41, 5.74) is 3.80. The van der Waals surface area contributed by atoms with Crippen molar-refractivity contribution in [2.75, 3.05) is 7.11 Å². The number of nitrogens with zero attached hydrogens (tertiary/aromatic N) is 1. The van der Waals surface area contributed by atoms with Crippen LogP contribution in [0.15, 0.2) is 109 Å². The van der Waals surface area contributed by atoms with Crippen LogP contribution in [-0.2, 0) is 35.5 Å². The number of amides is 2. The molecule has 0 aromatic heterocycles. The molecule has 0 bridgehead atoms. The van der Waals surface area contributed by atoms with Crippen molar-refractivity contribution in [2.24, 2.45) is 0 Å². The van der Waals surface area contributed by atoms with Crippen molar-refractivity contribution in [2.45, 2.75) is 38.4 Å². The van der Waals surface area contributed by atoms with Crippen molar-refractivity contribution >= 4 is 23.4 Å². The van der Waals surface area contributed by atoms with E-state index in [0.29, 0.717) is 30.8 Å². The van der Waals surface area contributed by atoms with Gasteiger partial charge >= 0.3 is 0 Å². The maximum Gasteiger partial charge on any atom is 0.243 e.